The highest BCUT2D eigenvalue weighted by Crippen LogP contribution is 2.30. The van der Waals surface area contributed by atoms with Crippen LogP contribution in [0.25, 0.3) is 0 Å². The maximum absolute atomic E-state index is 12.8. The topological polar surface area (TPSA) is 93.7 Å². The van der Waals surface area contributed by atoms with E-state index in [0.29, 0.717) is 30.2 Å². The Morgan fingerprint density at radius 3 is 2.72 bits per heavy atom. The molecule has 0 bridgehead atoms. The molecule has 8 nitrogen and oxygen atoms in total. The molecule has 2 N–H and O–H groups in total. The normalized spacial score (nSPS) is 14.8. The molecule has 132 valence electrons. The summed E-state index contributed by atoms with van der Waals surface area (Å²) < 4.78 is 6.85. The number of carbonyl (C=O) groups is 2. The van der Waals surface area contributed by atoms with Gasteiger partial charge >= 0.3 is 0 Å². The van der Waals surface area contributed by atoms with Gasteiger partial charge < -0.3 is 20.3 Å². The molecule has 0 spiro atoms. The number of nitrogen functional groups attached to an aromatic ring is 1. The van der Waals surface area contributed by atoms with Crippen LogP contribution in [0.4, 0.5) is 11.4 Å². The number of anilines is 2. The number of methoxy groups -OCH3 is 1. The van der Waals surface area contributed by atoms with Crippen molar-refractivity contribution in [1.82, 2.24) is 14.7 Å². The predicted molar refractivity (Wildman–Crippen MR) is 93.9 cm³/mol. The maximum atomic E-state index is 12.8. The molecule has 25 heavy (non-hydrogen) atoms. The smallest absolute Gasteiger partial charge is 0.258 e. The van der Waals surface area contributed by atoms with Crippen molar-refractivity contribution < 1.29 is 14.3 Å². The van der Waals surface area contributed by atoms with Gasteiger partial charge in [-0.1, -0.05) is 11.6 Å². The number of nitrogens with two attached hydrogens (primary N) is 1. The summed E-state index contributed by atoms with van der Waals surface area (Å²) in [6.45, 7) is 0.755. The first-order valence-electron chi connectivity index (χ1n) is 7.62. The van der Waals surface area contributed by atoms with E-state index in [2.05, 4.69) is 5.10 Å². The lowest BCUT2D eigenvalue weighted by atomic mass is 10.1. The fraction of sp³-hybridized carbons (Fsp3) is 0.312. The van der Waals surface area contributed by atoms with Crippen LogP contribution in [0.5, 0.6) is 5.75 Å². The van der Waals surface area contributed by atoms with Crippen molar-refractivity contribution in [3.63, 3.8) is 0 Å². The Kier molecular flexibility index (Phi) is 4.54. The van der Waals surface area contributed by atoms with Gasteiger partial charge in [0.15, 0.2) is 0 Å². The summed E-state index contributed by atoms with van der Waals surface area (Å²) in [5.41, 5.74) is 7.07. The van der Waals surface area contributed by atoms with Crippen molar-refractivity contribution in [3.8, 4) is 5.75 Å². The highest BCUT2D eigenvalue weighted by molar-refractivity contribution is 6.33. The van der Waals surface area contributed by atoms with E-state index < -0.39 is 0 Å². The number of hydrogen-bond acceptors (Lipinski definition) is 5. The van der Waals surface area contributed by atoms with Gasteiger partial charge in [0.2, 0.25) is 5.91 Å². The van der Waals surface area contributed by atoms with E-state index in [1.807, 2.05) is 0 Å². The van der Waals surface area contributed by atoms with Crippen molar-refractivity contribution in [3.05, 3.63) is 35.1 Å². The van der Waals surface area contributed by atoms with Gasteiger partial charge in [-0.05, 0) is 6.07 Å². The zero-order chi connectivity index (χ0) is 18.1. The molecule has 1 aliphatic rings. The zero-order valence-corrected chi connectivity index (χ0v) is 14.7. The molecular weight excluding hydrogens is 346 g/mol. The minimum absolute atomic E-state index is 0.0289. The Morgan fingerprint density at radius 1 is 1.36 bits per heavy atom. The zero-order valence-electron chi connectivity index (χ0n) is 13.9. The van der Waals surface area contributed by atoms with Gasteiger partial charge in [-0.3, -0.25) is 14.3 Å². The van der Waals surface area contributed by atoms with Crippen LogP contribution in [0, 0.1) is 0 Å². The highest BCUT2D eigenvalue weighted by atomic mass is 35.5. The number of nitrogens with zero attached hydrogens (tertiary/aromatic N) is 4. The summed E-state index contributed by atoms with van der Waals surface area (Å²) >= 11 is 6.02. The standard InChI is InChI=1S/C16H18ClN5O3/c1-20-8-10(7-19-20)22-4-3-21(9-15(22)23)16(24)11-5-12(17)13(18)6-14(11)25-2/h5-8H,3-4,9,18H2,1-2H3. The van der Waals surface area contributed by atoms with Crippen molar-refractivity contribution >= 4 is 34.8 Å². The molecule has 2 aromatic rings. The largest absolute Gasteiger partial charge is 0.496 e. The van der Waals surface area contributed by atoms with Crippen LogP contribution in [0.3, 0.4) is 0 Å². The summed E-state index contributed by atoms with van der Waals surface area (Å²) in [5, 5.41) is 4.34. The highest BCUT2D eigenvalue weighted by Gasteiger charge is 2.30. The van der Waals surface area contributed by atoms with E-state index in [1.165, 1.54) is 24.1 Å². The van der Waals surface area contributed by atoms with E-state index in [1.54, 1.807) is 29.0 Å². The number of carbonyl (C=O) groups excluding carboxylic acids is 2. The maximum Gasteiger partial charge on any atom is 0.258 e. The summed E-state index contributed by atoms with van der Waals surface area (Å²) in [6.07, 6.45) is 3.39. The van der Waals surface area contributed by atoms with Gasteiger partial charge in [-0.25, -0.2) is 0 Å². The number of halogens is 1. The summed E-state index contributed by atoms with van der Waals surface area (Å²) in [6, 6.07) is 2.97. The molecule has 1 saturated heterocycles. The van der Waals surface area contributed by atoms with E-state index in [9.17, 15) is 9.59 Å². The number of benzene rings is 1. The van der Waals surface area contributed by atoms with Crippen LogP contribution in [0.15, 0.2) is 24.5 Å². The number of amides is 2. The summed E-state index contributed by atoms with van der Waals surface area (Å²) in [5.74, 6) is -0.167. The van der Waals surface area contributed by atoms with Crippen LogP contribution in [0.1, 0.15) is 10.4 Å². The molecule has 0 aliphatic carbocycles. The fourth-order valence-corrected chi connectivity index (χ4v) is 2.91. The van der Waals surface area contributed by atoms with E-state index in [0.717, 1.165) is 0 Å². The Hall–Kier alpha value is -2.74. The Morgan fingerprint density at radius 2 is 2.12 bits per heavy atom. The molecule has 0 unspecified atom stereocenters. The Bertz CT molecular complexity index is 835. The molecule has 2 amide bonds. The minimum atomic E-state index is -0.321. The predicted octanol–water partition coefficient (Wildman–Crippen LogP) is 1.15. The van der Waals surface area contributed by atoms with E-state index in [4.69, 9.17) is 22.1 Å². The van der Waals surface area contributed by atoms with Gasteiger partial charge in [0.1, 0.15) is 12.3 Å². The van der Waals surface area contributed by atoms with Crippen molar-refractivity contribution in [2.24, 2.45) is 7.05 Å². The van der Waals surface area contributed by atoms with Crippen LogP contribution < -0.4 is 15.4 Å². The molecule has 1 aromatic heterocycles. The quantitative estimate of drug-likeness (QED) is 0.826. The number of rotatable bonds is 3. The second-order valence-electron chi connectivity index (χ2n) is 5.72. The Balaban J connectivity index is 1.79. The number of aromatic nitrogens is 2. The third kappa shape index (κ3) is 3.25. The molecule has 9 heteroatoms. The van der Waals surface area contributed by atoms with Crippen LogP contribution in [-0.2, 0) is 11.8 Å². The number of aryl methyl sites for hydroxylation is 1. The van der Waals surface area contributed by atoms with Crippen molar-refractivity contribution in [2.75, 3.05) is 37.4 Å². The second kappa shape index (κ2) is 6.64. The van der Waals surface area contributed by atoms with Gasteiger partial charge in [0, 0.05) is 32.4 Å². The molecule has 0 radical (unpaired) electrons. The third-order valence-corrected chi connectivity index (χ3v) is 4.39. The SMILES string of the molecule is COc1cc(N)c(Cl)cc1C(=O)N1CCN(c2cnn(C)c2)C(=O)C1. The molecular formula is C16H18ClN5O3. The average Bonchev–Trinajstić information content (AvgIpc) is 3.02. The molecule has 1 fully saturated rings. The summed E-state index contributed by atoms with van der Waals surface area (Å²) in [7, 11) is 3.23. The molecule has 3 rings (SSSR count). The van der Waals surface area contributed by atoms with E-state index in [-0.39, 0.29) is 28.9 Å². The lowest BCUT2D eigenvalue weighted by Crippen LogP contribution is -2.52. The molecule has 1 aromatic carbocycles. The number of piperazine rings is 1. The van der Waals surface area contributed by atoms with Crippen molar-refractivity contribution in [2.45, 2.75) is 0 Å². The molecule has 1 aliphatic heterocycles. The number of ether oxygens (including phenoxy) is 1. The van der Waals surface area contributed by atoms with Gasteiger partial charge in [-0.2, -0.15) is 5.10 Å². The first-order valence-corrected chi connectivity index (χ1v) is 7.99. The third-order valence-electron chi connectivity index (χ3n) is 4.06. The number of hydrogen-bond donors (Lipinski definition) is 1. The lowest BCUT2D eigenvalue weighted by molar-refractivity contribution is -0.120. The van der Waals surface area contributed by atoms with Crippen molar-refractivity contribution in [1.29, 1.82) is 0 Å². The van der Waals surface area contributed by atoms with Gasteiger partial charge in [0.05, 0.1) is 35.3 Å². The average molecular weight is 364 g/mol. The van der Waals surface area contributed by atoms with Gasteiger partial charge in [0.25, 0.3) is 5.91 Å². The van der Waals surface area contributed by atoms with Crippen LogP contribution in [0.2, 0.25) is 5.02 Å². The lowest BCUT2D eigenvalue weighted by Gasteiger charge is -2.33. The van der Waals surface area contributed by atoms with E-state index >= 15 is 0 Å². The minimum Gasteiger partial charge on any atom is -0.496 e. The molecule has 0 atom stereocenters. The second-order valence-corrected chi connectivity index (χ2v) is 6.13. The molecule has 2 heterocycles. The first-order chi connectivity index (χ1) is 11.9. The summed E-state index contributed by atoms with van der Waals surface area (Å²) in [4.78, 5) is 28.3. The molecule has 0 saturated carbocycles. The van der Waals surface area contributed by atoms with Crippen LogP contribution >= 0.6 is 11.6 Å². The van der Waals surface area contributed by atoms with Gasteiger partial charge in [-0.15, -0.1) is 0 Å². The fourth-order valence-electron chi connectivity index (χ4n) is 2.74. The monoisotopic (exact) mass is 363 g/mol. The first kappa shape index (κ1) is 17.1. The Labute approximate surface area is 149 Å². The van der Waals surface area contributed by atoms with Crippen LogP contribution in [-0.4, -0.2) is 53.2 Å².